The van der Waals surface area contributed by atoms with Crippen molar-refractivity contribution in [2.75, 3.05) is 11.9 Å². The molecule has 3 rings (SSSR count). The maximum atomic E-state index is 12.9. The number of esters is 1. The molecule has 3 aromatic carbocycles. The number of rotatable bonds is 6. The first-order valence-electron chi connectivity index (χ1n) is 8.55. The second-order valence-electron chi connectivity index (χ2n) is 5.84. The summed E-state index contributed by atoms with van der Waals surface area (Å²) in [6, 6.07) is 21.2. The van der Waals surface area contributed by atoms with Crippen LogP contribution in [0.4, 0.5) is 10.1 Å². The average molecular weight is 406 g/mol. The smallest absolute Gasteiger partial charge is 0.339 e. The first-order valence-corrected chi connectivity index (χ1v) is 9.37. The molecule has 29 heavy (non-hydrogen) atoms. The third-order valence-electron chi connectivity index (χ3n) is 3.80. The standard InChI is InChI=1S/C22H15FN2O3S/c23-16-9-11-17(12-10-16)25-21(26)14-28-22(27)18-6-2-4-8-20(18)29-19-7-3-1-5-15(19)13-24/h1-12H,14H2,(H,25,26). The van der Waals surface area contributed by atoms with Gasteiger partial charge in [-0.3, -0.25) is 4.79 Å². The summed E-state index contributed by atoms with van der Waals surface area (Å²) in [5.74, 6) is -1.61. The number of nitrogens with one attached hydrogen (secondary N) is 1. The Morgan fingerprint density at radius 2 is 1.62 bits per heavy atom. The number of anilines is 1. The summed E-state index contributed by atoms with van der Waals surface area (Å²) >= 11 is 1.27. The lowest BCUT2D eigenvalue weighted by Gasteiger charge is -2.10. The number of amides is 1. The molecule has 0 aromatic heterocycles. The van der Waals surface area contributed by atoms with E-state index in [1.807, 2.05) is 6.07 Å². The number of halogens is 1. The summed E-state index contributed by atoms with van der Waals surface area (Å²) in [5.41, 5.74) is 1.19. The maximum Gasteiger partial charge on any atom is 0.339 e. The van der Waals surface area contributed by atoms with Gasteiger partial charge in [0, 0.05) is 15.5 Å². The van der Waals surface area contributed by atoms with Gasteiger partial charge in [0.25, 0.3) is 5.91 Å². The van der Waals surface area contributed by atoms with Gasteiger partial charge in [-0.25, -0.2) is 9.18 Å². The van der Waals surface area contributed by atoms with Gasteiger partial charge in [-0.2, -0.15) is 5.26 Å². The van der Waals surface area contributed by atoms with Crippen molar-refractivity contribution in [3.63, 3.8) is 0 Å². The fraction of sp³-hybridized carbons (Fsp3) is 0.0455. The number of nitriles is 1. The van der Waals surface area contributed by atoms with Crippen LogP contribution in [0, 0.1) is 17.1 Å². The molecule has 1 amide bonds. The highest BCUT2D eigenvalue weighted by Crippen LogP contribution is 2.32. The van der Waals surface area contributed by atoms with Crippen molar-refractivity contribution in [3.8, 4) is 6.07 Å². The molecule has 0 fully saturated rings. The van der Waals surface area contributed by atoms with Gasteiger partial charge in [0.1, 0.15) is 11.9 Å². The van der Waals surface area contributed by atoms with E-state index in [0.717, 1.165) is 0 Å². The Morgan fingerprint density at radius 1 is 0.966 bits per heavy atom. The molecule has 0 saturated carbocycles. The Balaban J connectivity index is 1.66. The number of carbonyl (C=O) groups is 2. The highest BCUT2D eigenvalue weighted by molar-refractivity contribution is 7.99. The first-order chi connectivity index (χ1) is 14.1. The third kappa shape index (κ3) is 5.43. The van der Waals surface area contributed by atoms with Gasteiger partial charge in [-0.15, -0.1) is 0 Å². The van der Waals surface area contributed by atoms with Gasteiger partial charge in [0.15, 0.2) is 6.61 Å². The Morgan fingerprint density at radius 3 is 2.34 bits per heavy atom. The van der Waals surface area contributed by atoms with Crippen molar-refractivity contribution in [2.45, 2.75) is 9.79 Å². The van der Waals surface area contributed by atoms with Crippen LogP contribution in [-0.4, -0.2) is 18.5 Å². The molecular weight excluding hydrogens is 391 g/mol. The van der Waals surface area contributed by atoms with E-state index in [4.69, 9.17) is 4.74 Å². The minimum absolute atomic E-state index is 0.292. The lowest BCUT2D eigenvalue weighted by atomic mass is 10.2. The second-order valence-corrected chi connectivity index (χ2v) is 6.92. The Hall–Kier alpha value is -3.63. The summed E-state index contributed by atoms with van der Waals surface area (Å²) < 4.78 is 18.0. The normalized spacial score (nSPS) is 10.1. The zero-order valence-corrected chi connectivity index (χ0v) is 15.9. The van der Waals surface area contributed by atoms with Crippen LogP contribution >= 0.6 is 11.8 Å². The van der Waals surface area contributed by atoms with Crippen molar-refractivity contribution in [1.29, 1.82) is 5.26 Å². The minimum Gasteiger partial charge on any atom is -0.452 e. The number of nitrogens with zero attached hydrogens (tertiary/aromatic N) is 1. The second kappa shape index (κ2) is 9.53. The predicted molar refractivity (Wildman–Crippen MR) is 107 cm³/mol. The molecule has 0 radical (unpaired) electrons. The Labute approximate surface area is 171 Å². The largest absolute Gasteiger partial charge is 0.452 e. The number of ether oxygens (including phenoxy) is 1. The summed E-state index contributed by atoms with van der Waals surface area (Å²) in [6.45, 7) is -0.482. The van der Waals surface area contributed by atoms with Crippen LogP contribution in [0.5, 0.6) is 0 Å². The molecule has 0 atom stereocenters. The molecule has 0 aliphatic heterocycles. The summed E-state index contributed by atoms with van der Waals surface area (Å²) in [7, 11) is 0. The molecule has 0 saturated heterocycles. The SMILES string of the molecule is N#Cc1ccccc1Sc1ccccc1C(=O)OCC(=O)Nc1ccc(F)cc1. The van der Waals surface area contributed by atoms with Gasteiger partial charge in [-0.05, 0) is 48.5 Å². The number of hydrogen-bond donors (Lipinski definition) is 1. The topological polar surface area (TPSA) is 79.2 Å². The summed E-state index contributed by atoms with van der Waals surface area (Å²) in [5, 5.41) is 11.8. The van der Waals surface area contributed by atoms with Gasteiger partial charge in [0.2, 0.25) is 0 Å². The fourth-order valence-electron chi connectivity index (χ4n) is 2.43. The van der Waals surface area contributed by atoms with Gasteiger partial charge >= 0.3 is 5.97 Å². The van der Waals surface area contributed by atoms with Gasteiger partial charge < -0.3 is 10.1 Å². The molecule has 0 heterocycles. The molecule has 0 aliphatic rings. The van der Waals surface area contributed by atoms with Crippen molar-refractivity contribution in [3.05, 3.63) is 89.7 Å². The van der Waals surface area contributed by atoms with E-state index in [2.05, 4.69) is 11.4 Å². The van der Waals surface area contributed by atoms with E-state index in [1.54, 1.807) is 42.5 Å². The number of carbonyl (C=O) groups excluding carboxylic acids is 2. The molecule has 1 N–H and O–H groups in total. The third-order valence-corrected chi connectivity index (χ3v) is 4.95. The predicted octanol–water partition coefficient (Wildman–Crippen LogP) is 4.64. The van der Waals surface area contributed by atoms with E-state index in [1.165, 1.54) is 36.0 Å². The first kappa shape index (κ1) is 20.1. The van der Waals surface area contributed by atoms with Gasteiger partial charge in [-0.1, -0.05) is 36.0 Å². The van der Waals surface area contributed by atoms with Crippen LogP contribution in [0.2, 0.25) is 0 Å². The van der Waals surface area contributed by atoms with Crippen LogP contribution < -0.4 is 5.32 Å². The van der Waals surface area contributed by atoms with Crippen molar-refractivity contribution in [1.82, 2.24) is 0 Å². The molecule has 5 nitrogen and oxygen atoms in total. The molecule has 0 aliphatic carbocycles. The highest BCUT2D eigenvalue weighted by Gasteiger charge is 2.16. The van der Waals surface area contributed by atoms with E-state index in [0.29, 0.717) is 26.6 Å². The van der Waals surface area contributed by atoms with Crippen LogP contribution in [0.3, 0.4) is 0 Å². The van der Waals surface area contributed by atoms with Crippen LogP contribution in [0.25, 0.3) is 0 Å². The summed E-state index contributed by atoms with van der Waals surface area (Å²) in [6.07, 6.45) is 0. The van der Waals surface area contributed by atoms with Gasteiger partial charge in [0.05, 0.1) is 11.1 Å². The zero-order chi connectivity index (χ0) is 20.6. The van der Waals surface area contributed by atoms with Crippen LogP contribution in [0.15, 0.2) is 82.6 Å². The van der Waals surface area contributed by atoms with E-state index in [9.17, 15) is 19.2 Å². The lowest BCUT2D eigenvalue weighted by Crippen LogP contribution is -2.21. The van der Waals surface area contributed by atoms with Crippen molar-refractivity contribution < 1.29 is 18.7 Å². The zero-order valence-electron chi connectivity index (χ0n) is 15.1. The molecule has 0 bridgehead atoms. The molecule has 7 heteroatoms. The maximum absolute atomic E-state index is 12.9. The fourth-order valence-corrected chi connectivity index (χ4v) is 3.45. The molecule has 0 unspecified atom stereocenters. The summed E-state index contributed by atoms with van der Waals surface area (Å²) in [4.78, 5) is 25.8. The molecular formula is C22H15FN2O3S. The van der Waals surface area contributed by atoms with Crippen LogP contribution in [0.1, 0.15) is 15.9 Å². The quantitative estimate of drug-likeness (QED) is 0.603. The van der Waals surface area contributed by atoms with E-state index >= 15 is 0 Å². The van der Waals surface area contributed by atoms with E-state index in [-0.39, 0.29) is 0 Å². The monoisotopic (exact) mass is 406 g/mol. The Bertz CT molecular complexity index is 1080. The van der Waals surface area contributed by atoms with E-state index < -0.39 is 24.3 Å². The Kier molecular flexibility index (Phi) is 6.61. The molecule has 144 valence electrons. The van der Waals surface area contributed by atoms with Crippen LogP contribution in [-0.2, 0) is 9.53 Å². The highest BCUT2D eigenvalue weighted by atomic mass is 32.2. The lowest BCUT2D eigenvalue weighted by molar-refractivity contribution is -0.119. The van der Waals surface area contributed by atoms with Crippen molar-refractivity contribution >= 4 is 29.3 Å². The number of hydrogen-bond acceptors (Lipinski definition) is 5. The molecule has 0 spiro atoms. The van der Waals surface area contributed by atoms with Crippen molar-refractivity contribution in [2.24, 2.45) is 0 Å². The minimum atomic E-state index is -0.656. The molecule has 3 aromatic rings. The number of benzene rings is 3. The average Bonchev–Trinajstić information content (AvgIpc) is 2.74.